The summed E-state index contributed by atoms with van der Waals surface area (Å²) in [6.07, 6.45) is 0. The van der Waals surface area contributed by atoms with Crippen molar-refractivity contribution in [1.82, 2.24) is 0 Å². The van der Waals surface area contributed by atoms with Crippen LogP contribution in [0.3, 0.4) is 0 Å². The average molecular weight is 252 g/mol. The van der Waals surface area contributed by atoms with Crippen LogP contribution in [0.4, 0.5) is 0 Å². The SMILES string of the molecule is CC(=C=CSc1ccc(C)cc1)c1ccccc1. The third-order valence-corrected chi connectivity index (χ3v) is 3.48. The quantitative estimate of drug-likeness (QED) is 0.527. The molecule has 0 bridgehead atoms. The van der Waals surface area contributed by atoms with E-state index in [9.17, 15) is 0 Å². The van der Waals surface area contributed by atoms with Crippen LogP contribution in [0, 0.1) is 6.92 Å². The zero-order valence-electron chi connectivity index (χ0n) is 10.7. The Morgan fingerprint density at radius 2 is 1.67 bits per heavy atom. The summed E-state index contributed by atoms with van der Waals surface area (Å²) in [5, 5.41) is 2.02. The number of benzene rings is 2. The van der Waals surface area contributed by atoms with Gasteiger partial charge in [0.1, 0.15) is 0 Å². The van der Waals surface area contributed by atoms with Crippen molar-refractivity contribution < 1.29 is 0 Å². The van der Waals surface area contributed by atoms with Crippen molar-refractivity contribution in [2.75, 3.05) is 0 Å². The molecule has 0 fully saturated rings. The van der Waals surface area contributed by atoms with E-state index in [0.717, 1.165) is 5.57 Å². The molecular formula is C17H16S. The Bertz CT molecular complexity index is 558. The maximum Gasteiger partial charge on any atom is 0.0182 e. The molecule has 18 heavy (non-hydrogen) atoms. The molecule has 0 nitrogen and oxygen atoms in total. The molecule has 0 radical (unpaired) electrons. The lowest BCUT2D eigenvalue weighted by molar-refractivity contribution is 1.38. The van der Waals surface area contributed by atoms with Crippen molar-refractivity contribution in [3.63, 3.8) is 0 Å². The lowest BCUT2D eigenvalue weighted by atomic mass is 10.1. The number of aryl methyl sites for hydroxylation is 1. The summed E-state index contributed by atoms with van der Waals surface area (Å²) in [7, 11) is 0. The van der Waals surface area contributed by atoms with E-state index >= 15 is 0 Å². The summed E-state index contributed by atoms with van der Waals surface area (Å²) < 4.78 is 0. The first-order chi connectivity index (χ1) is 8.75. The topological polar surface area (TPSA) is 0 Å². The normalized spacial score (nSPS) is 9.67. The summed E-state index contributed by atoms with van der Waals surface area (Å²) >= 11 is 1.70. The summed E-state index contributed by atoms with van der Waals surface area (Å²) in [4.78, 5) is 1.24. The van der Waals surface area contributed by atoms with Gasteiger partial charge in [0, 0.05) is 10.3 Å². The zero-order chi connectivity index (χ0) is 12.8. The summed E-state index contributed by atoms with van der Waals surface area (Å²) in [5.74, 6) is 0. The van der Waals surface area contributed by atoms with Crippen LogP contribution in [-0.2, 0) is 0 Å². The molecule has 0 spiro atoms. The Morgan fingerprint density at radius 1 is 1.00 bits per heavy atom. The van der Waals surface area contributed by atoms with Crippen LogP contribution in [0.1, 0.15) is 18.1 Å². The summed E-state index contributed by atoms with van der Waals surface area (Å²) in [5.41, 5.74) is 6.99. The smallest absolute Gasteiger partial charge is 0.0182 e. The first-order valence-corrected chi connectivity index (χ1v) is 6.84. The van der Waals surface area contributed by atoms with E-state index in [1.807, 2.05) is 23.6 Å². The molecule has 2 rings (SSSR count). The Hall–Kier alpha value is -1.69. The maximum absolute atomic E-state index is 3.32. The van der Waals surface area contributed by atoms with Gasteiger partial charge >= 0.3 is 0 Å². The second-order valence-corrected chi connectivity index (χ2v) is 5.13. The van der Waals surface area contributed by atoms with Crippen molar-refractivity contribution in [3.8, 4) is 0 Å². The van der Waals surface area contributed by atoms with Crippen LogP contribution in [-0.4, -0.2) is 0 Å². The van der Waals surface area contributed by atoms with Crippen molar-refractivity contribution in [1.29, 1.82) is 0 Å². The number of thioether (sulfide) groups is 1. The molecule has 0 saturated carbocycles. The molecule has 0 unspecified atom stereocenters. The minimum Gasteiger partial charge on any atom is -0.110 e. The van der Waals surface area contributed by atoms with Crippen molar-refractivity contribution >= 4 is 17.3 Å². The molecule has 0 amide bonds. The first kappa shape index (κ1) is 12.8. The van der Waals surface area contributed by atoms with Gasteiger partial charge < -0.3 is 0 Å². The molecule has 0 atom stereocenters. The molecule has 2 aromatic carbocycles. The molecule has 90 valence electrons. The number of rotatable bonds is 3. The van der Waals surface area contributed by atoms with E-state index < -0.39 is 0 Å². The van der Waals surface area contributed by atoms with Crippen molar-refractivity contribution in [2.24, 2.45) is 0 Å². The third kappa shape index (κ3) is 3.66. The second-order valence-electron chi connectivity index (χ2n) is 4.18. The van der Waals surface area contributed by atoms with E-state index in [2.05, 4.69) is 56.0 Å². The Morgan fingerprint density at radius 3 is 2.33 bits per heavy atom. The van der Waals surface area contributed by atoms with E-state index in [1.54, 1.807) is 11.8 Å². The van der Waals surface area contributed by atoms with Crippen LogP contribution >= 0.6 is 11.8 Å². The standard InChI is InChI=1S/C17H16S/c1-14-8-10-17(11-9-14)18-13-12-15(2)16-6-4-3-5-7-16/h3-11,13H,1-2H3. The highest BCUT2D eigenvalue weighted by molar-refractivity contribution is 8.02. The molecular weight excluding hydrogens is 236 g/mol. The van der Waals surface area contributed by atoms with E-state index in [-0.39, 0.29) is 0 Å². The molecule has 0 aliphatic rings. The van der Waals surface area contributed by atoms with Gasteiger partial charge in [-0.15, -0.1) is 5.73 Å². The lowest BCUT2D eigenvalue weighted by Crippen LogP contribution is -1.74. The number of hydrogen-bond donors (Lipinski definition) is 0. The van der Waals surface area contributed by atoms with Crippen LogP contribution in [0.2, 0.25) is 0 Å². The van der Waals surface area contributed by atoms with Gasteiger partial charge in [0.05, 0.1) is 0 Å². The molecule has 0 aromatic heterocycles. The maximum atomic E-state index is 3.32. The molecule has 2 aromatic rings. The number of hydrogen-bond acceptors (Lipinski definition) is 1. The van der Waals surface area contributed by atoms with Gasteiger partial charge in [-0.1, -0.05) is 59.8 Å². The largest absolute Gasteiger partial charge is 0.110 e. The fourth-order valence-electron chi connectivity index (χ4n) is 1.57. The minimum absolute atomic E-state index is 1.16. The first-order valence-electron chi connectivity index (χ1n) is 5.96. The fourth-order valence-corrected chi connectivity index (χ4v) is 2.24. The van der Waals surface area contributed by atoms with Crippen LogP contribution < -0.4 is 0 Å². The Kier molecular flexibility index (Phi) is 4.46. The molecule has 0 aliphatic heterocycles. The Labute approximate surface area is 113 Å². The highest BCUT2D eigenvalue weighted by atomic mass is 32.2. The number of allylic oxidation sites excluding steroid dienone is 1. The minimum atomic E-state index is 1.16. The molecule has 1 heteroatoms. The van der Waals surface area contributed by atoms with Gasteiger partial charge in [-0.3, -0.25) is 0 Å². The zero-order valence-corrected chi connectivity index (χ0v) is 11.5. The van der Waals surface area contributed by atoms with Gasteiger partial charge in [-0.25, -0.2) is 0 Å². The molecule has 0 heterocycles. The molecule has 0 N–H and O–H groups in total. The third-order valence-electron chi connectivity index (χ3n) is 2.70. The van der Waals surface area contributed by atoms with Gasteiger partial charge in [0.25, 0.3) is 0 Å². The summed E-state index contributed by atoms with van der Waals surface area (Å²) in [6, 6.07) is 18.9. The van der Waals surface area contributed by atoms with Gasteiger partial charge in [0.15, 0.2) is 0 Å². The van der Waals surface area contributed by atoms with Gasteiger partial charge in [0.2, 0.25) is 0 Å². The van der Waals surface area contributed by atoms with E-state index in [1.165, 1.54) is 16.0 Å². The predicted octanol–water partition coefficient (Wildman–Crippen LogP) is 5.30. The Balaban J connectivity index is 2.09. The highest BCUT2D eigenvalue weighted by Crippen LogP contribution is 2.20. The summed E-state index contributed by atoms with van der Waals surface area (Å²) in [6.45, 7) is 4.19. The lowest BCUT2D eigenvalue weighted by Gasteiger charge is -1.97. The van der Waals surface area contributed by atoms with E-state index in [4.69, 9.17) is 0 Å². The molecule has 0 aliphatic carbocycles. The van der Waals surface area contributed by atoms with Crippen LogP contribution in [0.25, 0.3) is 5.57 Å². The van der Waals surface area contributed by atoms with Gasteiger partial charge in [-0.05, 0) is 37.1 Å². The van der Waals surface area contributed by atoms with E-state index in [0.29, 0.717) is 0 Å². The fraction of sp³-hybridized carbons (Fsp3) is 0.118. The monoisotopic (exact) mass is 252 g/mol. The van der Waals surface area contributed by atoms with Gasteiger partial charge in [-0.2, -0.15) is 0 Å². The predicted molar refractivity (Wildman–Crippen MR) is 80.6 cm³/mol. The molecule has 0 saturated heterocycles. The van der Waals surface area contributed by atoms with Crippen molar-refractivity contribution in [2.45, 2.75) is 18.7 Å². The van der Waals surface area contributed by atoms with Crippen LogP contribution in [0.5, 0.6) is 0 Å². The van der Waals surface area contributed by atoms with Crippen molar-refractivity contribution in [3.05, 3.63) is 76.9 Å². The average Bonchev–Trinajstić information content (AvgIpc) is 2.42. The van der Waals surface area contributed by atoms with Crippen LogP contribution in [0.15, 0.2) is 70.6 Å². The highest BCUT2D eigenvalue weighted by Gasteiger charge is 1.92. The second kappa shape index (κ2) is 6.30.